The Morgan fingerprint density at radius 2 is 1.92 bits per heavy atom. The summed E-state index contributed by atoms with van der Waals surface area (Å²) in [5.74, 6) is -0.223. The van der Waals surface area contributed by atoms with Crippen LogP contribution in [0.1, 0.15) is 33.5 Å². The Morgan fingerprint density at radius 3 is 2.72 bits per heavy atom. The molecule has 0 bridgehead atoms. The molecule has 0 aliphatic heterocycles. The minimum atomic E-state index is -0.223. The fourth-order valence-electron chi connectivity index (χ4n) is 3.06. The second kappa shape index (κ2) is 6.50. The van der Waals surface area contributed by atoms with E-state index in [4.69, 9.17) is 5.26 Å². The van der Waals surface area contributed by atoms with E-state index in [9.17, 15) is 4.79 Å². The summed E-state index contributed by atoms with van der Waals surface area (Å²) in [5, 5.41) is 14.2. The van der Waals surface area contributed by atoms with E-state index in [1.54, 1.807) is 24.3 Å². The van der Waals surface area contributed by atoms with Gasteiger partial charge in [0.25, 0.3) is 5.91 Å². The highest BCUT2D eigenvalue weighted by Gasteiger charge is 2.14. The lowest BCUT2D eigenvalue weighted by Crippen LogP contribution is -2.11. The molecule has 25 heavy (non-hydrogen) atoms. The molecular formula is C20H15N3OS. The number of hydrogen-bond donors (Lipinski definition) is 1. The molecule has 122 valence electrons. The van der Waals surface area contributed by atoms with Crippen LogP contribution in [0, 0.1) is 11.3 Å². The molecule has 1 aliphatic carbocycles. The van der Waals surface area contributed by atoms with E-state index in [-0.39, 0.29) is 5.91 Å². The zero-order chi connectivity index (χ0) is 17.2. The third-order valence-electron chi connectivity index (χ3n) is 4.40. The predicted molar refractivity (Wildman–Crippen MR) is 98.7 cm³/mol. The first-order valence-electron chi connectivity index (χ1n) is 8.12. The van der Waals surface area contributed by atoms with Gasteiger partial charge in [0.2, 0.25) is 0 Å². The predicted octanol–water partition coefficient (Wildman–Crippen LogP) is 4.42. The fraction of sp³-hybridized carbons (Fsp3) is 0.150. The normalized spacial score (nSPS) is 12.4. The van der Waals surface area contributed by atoms with Crippen LogP contribution in [-0.2, 0) is 12.8 Å². The number of thiazole rings is 1. The number of benzene rings is 2. The van der Waals surface area contributed by atoms with Crippen LogP contribution in [0.15, 0.2) is 47.8 Å². The smallest absolute Gasteiger partial charge is 0.257 e. The van der Waals surface area contributed by atoms with Crippen LogP contribution in [0.3, 0.4) is 0 Å². The zero-order valence-corrected chi connectivity index (χ0v) is 14.3. The van der Waals surface area contributed by atoms with Crippen molar-refractivity contribution in [2.24, 2.45) is 0 Å². The summed E-state index contributed by atoms with van der Waals surface area (Å²) < 4.78 is 0. The summed E-state index contributed by atoms with van der Waals surface area (Å²) in [6, 6.07) is 15.1. The van der Waals surface area contributed by atoms with Crippen molar-refractivity contribution >= 4 is 22.4 Å². The van der Waals surface area contributed by atoms with Crippen LogP contribution < -0.4 is 5.32 Å². The van der Waals surface area contributed by atoms with Crippen molar-refractivity contribution < 1.29 is 4.79 Å². The van der Waals surface area contributed by atoms with Gasteiger partial charge >= 0.3 is 0 Å². The molecule has 1 heterocycles. The molecule has 0 atom stereocenters. The van der Waals surface area contributed by atoms with E-state index in [0.717, 1.165) is 17.7 Å². The molecule has 1 N–H and O–H groups in total. The number of aromatic nitrogens is 1. The molecule has 0 fully saturated rings. The van der Waals surface area contributed by atoms with E-state index < -0.39 is 0 Å². The lowest BCUT2D eigenvalue weighted by molar-refractivity contribution is 0.102. The summed E-state index contributed by atoms with van der Waals surface area (Å²) in [5.41, 5.74) is 5.87. The number of nitrogens with one attached hydrogen (secondary N) is 1. The summed E-state index contributed by atoms with van der Waals surface area (Å²) in [4.78, 5) is 16.8. The summed E-state index contributed by atoms with van der Waals surface area (Å²) in [6.45, 7) is 0. The van der Waals surface area contributed by atoms with E-state index in [1.165, 1.54) is 35.3 Å². The van der Waals surface area contributed by atoms with Gasteiger partial charge in [0.05, 0.1) is 17.3 Å². The standard InChI is InChI=1S/C20H15N3OS/c21-11-13-4-6-15(7-5-13)19(24)23-20-22-18(12-25-20)17-9-8-14-2-1-3-16(14)10-17/h4-10,12H,1-3H2,(H,22,23,24). The number of aryl methyl sites for hydroxylation is 2. The molecule has 1 aromatic heterocycles. The van der Waals surface area contributed by atoms with E-state index in [2.05, 4.69) is 28.5 Å². The number of carbonyl (C=O) groups excluding carboxylic acids is 1. The van der Waals surface area contributed by atoms with Crippen molar-refractivity contribution in [2.75, 3.05) is 5.32 Å². The zero-order valence-electron chi connectivity index (χ0n) is 13.5. The van der Waals surface area contributed by atoms with Gasteiger partial charge in [-0.3, -0.25) is 10.1 Å². The maximum absolute atomic E-state index is 12.3. The van der Waals surface area contributed by atoms with E-state index in [0.29, 0.717) is 16.3 Å². The average molecular weight is 345 g/mol. The van der Waals surface area contributed by atoms with Crippen LogP contribution >= 0.6 is 11.3 Å². The number of carbonyl (C=O) groups is 1. The highest BCUT2D eigenvalue weighted by Crippen LogP contribution is 2.30. The third-order valence-corrected chi connectivity index (χ3v) is 5.15. The Bertz CT molecular complexity index is 983. The molecule has 4 rings (SSSR count). The summed E-state index contributed by atoms with van der Waals surface area (Å²) in [6.07, 6.45) is 3.52. The van der Waals surface area contributed by atoms with Crippen LogP contribution in [0.5, 0.6) is 0 Å². The average Bonchev–Trinajstić information content (AvgIpc) is 3.30. The molecule has 5 heteroatoms. The van der Waals surface area contributed by atoms with Gasteiger partial charge in [-0.1, -0.05) is 12.1 Å². The Balaban J connectivity index is 1.51. The molecule has 0 spiro atoms. The van der Waals surface area contributed by atoms with Crippen molar-refractivity contribution in [3.63, 3.8) is 0 Å². The Kier molecular flexibility index (Phi) is 4.04. The molecule has 0 saturated heterocycles. The maximum Gasteiger partial charge on any atom is 0.257 e. The highest BCUT2D eigenvalue weighted by molar-refractivity contribution is 7.14. The topological polar surface area (TPSA) is 65.8 Å². The van der Waals surface area contributed by atoms with Crippen LogP contribution in [0.2, 0.25) is 0 Å². The second-order valence-corrected chi connectivity index (χ2v) is 6.88. The van der Waals surface area contributed by atoms with Gasteiger partial charge in [0, 0.05) is 16.5 Å². The molecule has 0 saturated carbocycles. The lowest BCUT2D eigenvalue weighted by Gasteiger charge is -2.03. The van der Waals surface area contributed by atoms with E-state index in [1.807, 2.05) is 11.4 Å². The third kappa shape index (κ3) is 3.17. The number of fused-ring (bicyclic) bond motifs is 1. The monoisotopic (exact) mass is 345 g/mol. The quantitative estimate of drug-likeness (QED) is 0.764. The number of amides is 1. The minimum absolute atomic E-state index is 0.223. The molecule has 0 unspecified atom stereocenters. The van der Waals surface area contributed by atoms with Crippen LogP contribution in [-0.4, -0.2) is 10.9 Å². The van der Waals surface area contributed by atoms with Gasteiger partial charge in [-0.05, 0) is 60.7 Å². The van der Waals surface area contributed by atoms with Crippen LogP contribution in [0.25, 0.3) is 11.3 Å². The molecule has 0 radical (unpaired) electrons. The molecule has 1 amide bonds. The minimum Gasteiger partial charge on any atom is -0.298 e. The molecular weight excluding hydrogens is 330 g/mol. The molecule has 2 aromatic carbocycles. The first-order chi connectivity index (χ1) is 12.2. The number of nitrogens with zero attached hydrogens (tertiary/aromatic N) is 2. The molecule has 3 aromatic rings. The van der Waals surface area contributed by atoms with Gasteiger partial charge in [-0.2, -0.15) is 5.26 Å². The Morgan fingerprint density at radius 1 is 1.12 bits per heavy atom. The van der Waals surface area contributed by atoms with Crippen LogP contribution in [0.4, 0.5) is 5.13 Å². The highest BCUT2D eigenvalue weighted by atomic mass is 32.1. The Hall–Kier alpha value is -2.97. The van der Waals surface area contributed by atoms with Crippen molar-refractivity contribution in [2.45, 2.75) is 19.3 Å². The second-order valence-electron chi connectivity index (χ2n) is 6.02. The van der Waals surface area contributed by atoms with Gasteiger partial charge in [-0.15, -0.1) is 11.3 Å². The van der Waals surface area contributed by atoms with Gasteiger partial charge in [0.15, 0.2) is 5.13 Å². The van der Waals surface area contributed by atoms with Crippen molar-refractivity contribution in [1.29, 1.82) is 5.26 Å². The maximum atomic E-state index is 12.3. The number of nitriles is 1. The SMILES string of the molecule is N#Cc1ccc(C(=O)Nc2nc(-c3ccc4c(c3)CCC4)cs2)cc1. The molecule has 1 aliphatic rings. The lowest BCUT2D eigenvalue weighted by atomic mass is 10.1. The first kappa shape index (κ1) is 15.6. The summed E-state index contributed by atoms with van der Waals surface area (Å²) in [7, 11) is 0. The number of rotatable bonds is 3. The Labute approximate surface area is 149 Å². The largest absolute Gasteiger partial charge is 0.298 e. The first-order valence-corrected chi connectivity index (χ1v) is 9.00. The van der Waals surface area contributed by atoms with E-state index >= 15 is 0 Å². The molecule has 4 nitrogen and oxygen atoms in total. The fourth-order valence-corrected chi connectivity index (χ4v) is 3.78. The number of anilines is 1. The van der Waals surface area contributed by atoms with Crippen molar-refractivity contribution in [3.8, 4) is 17.3 Å². The van der Waals surface area contributed by atoms with Crippen molar-refractivity contribution in [3.05, 3.63) is 70.1 Å². The number of hydrogen-bond acceptors (Lipinski definition) is 4. The van der Waals surface area contributed by atoms with Gasteiger partial charge in [0.1, 0.15) is 0 Å². The van der Waals surface area contributed by atoms with Gasteiger partial charge < -0.3 is 0 Å². The van der Waals surface area contributed by atoms with Gasteiger partial charge in [-0.25, -0.2) is 4.98 Å². The summed E-state index contributed by atoms with van der Waals surface area (Å²) >= 11 is 1.41. The van der Waals surface area contributed by atoms with Crippen molar-refractivity contribution in [1.82, 2.24) is 4.98 Å².